The van der Waals surface area contributed by atoms with E-state index in [1.54, 1.807) is 30.3 Å². The van der Waals surface area contributed by atoms with Gasteiger partial charge in [0.15, 0.2) is 11.5 Å². The van der Waals surface area contributed by atoms with Crippen molar-refractivity contribution >= 4 is 55.4 Å². The molecule has 3 aromatic rings. The number of benzene rings is 3. The fraction of sp³-hybridized carbons (Fsp3) is 0.231. The number of hydrogen-bond donors (Lipinski definition) is 1. The number of hydrogen-bond acceptors (Lipinski definition) is 8. The standard InChI is InChI=1S/C26H27BrClN3O7S/c1-35-20-9-10-22(23(13-20)36-2)31(39(4,33)34)15-25(32)30-29-14-18-11-21(27)26(24(12-18)37-3)38-16-17-5-7-19(28)8-6-17/h5-14H,15-16H2,1-4H3,(H,30,32)/b29-14-. The first-order chi connectivity index (χ1) is 18.5. The second kappa shape index (κ2) is 13.5. The molecule has 0 fully saturated rings. The summed E-state index contributed by atoms with van der Waals surface area (Å²) in [6, 6.07) is 15.3. The summed E-state index contributed by atoms with van der Waals surface area (Å²) in [6.45, 7) is -0.227. The number of methoxy groups -OCH3 is 3. The molecule has 10 nitrogen and oxygen atoms in total. The molecule has 0 aromatic heterocycles. The molecule has 0 atom stereocenters. The van der Waals surface area contributed by atoms with Gasteiger partial charge in [-0.05, 0) is 63.5 Å². The van der Waals surface area contributed by atoms with E-state index < -0.39 is 22.5 Å². The molecule has 3 aromatic carbocycles. The third-order valence-corrected chi connectivity index (χ3v) is 7.26. The normalized spacial score (nSPS) is 11.2. The Morgan fingerprint density at radius 3 is 2.33 bits per heavy atom. The van der Waals surface area contributed by atoms with Crippen LogP contribution in [0.25, 0.3) is 0 Å². The van der Waals surface area contributed by atoms with Crippen LogP contribution in [0.5, 0.6) is 23.0 Å². The van der Waals surface area contributed by atoms with Crippen molar-refractivity contribution in [2.75, 3.05) is 38.4 Å². The molecule has 0 radical (unpaired) electrons. The van der Waals surface area contributed by atoms with Crippen molar-refractivity contribution in [3.05, 3.63) is 75.2 Å². The Morgan fingerprint density at radius 2 is 1.72 bits per heavy atom. The molecule has 3 rings (SSSR count). The number of sulfonamides is 1. The first-order valence-corrected chi connectivity index (χ1v) is 14.3. The second-order valence-corrected chi connectivity index (χ2v) is 11.2. The van der Waals surface area contributed by atoms with E-state index in [9.17, 15) is 13.2 Å². The van der Waals surface area contributed by atoms with Gasteiger partial charge in [-0.25, -0.2) is 13.8 Å². The molecule has 0 saturated heterocycles. The van der Waals surface area contributed by atoms with Crippen molar-refractivity contribution < 1.29 is 32.2 Å². The van der Waals surface area contributed by atoms with Crippen molar-refractivity contribution in [2.24, 2.45) is 5.10 Å². The number of anilines is 1. The van der Waals surface area contributed by atoms with Gasteiger partial charge in [0.2, 0.25) is 10.0 Å². The number of nitrogens with zero attached hydrogens (tertiary/aromatic N) is 2. The Kier molecular flexibility index (Phi) is 10.4. The molecule has 0 aliphatic heterocycles. The fourth-order valence-corrected chi connectivity index (χ4v) is 4.97. The maximum absolute atomic E-state index is 12.6. The Balaban J connectivity index is 1.71. The number of halogens is 2. The van der Waals surface area contributed by atoms with Gasteiger partial charge in [-0.3, -0.25) is 9.10 Å². The number of hydrazone groups is 1. The molecule has 208 valence electrons. The van der Waals surface area contributed by atoms with Crippen molar-refractivity contribution in [1.29, 1.82) is 0 Å². The quantitative estimate of drug-likeness (QED) is 0.227. The van der Waals surface area contributed by atoms with Crippen molar-refractivity contribution in [3.63, 3.8) is 0 Å². The van der Waals surface area contributed by atoms with E-state index in [0.29, 0.717) is 38.9 Å². The highest BCUT2D eigenvalue weighted by Crippen LogP contribution is 2.37. The van der Waals surface area contributed by atoms with E-state index in [2.05, 4.69) is 26.5 Å². The molecule has 0 unspecified atom stereocenters. The third-order valence-electron chi connectivity index (χ3n) is 5.29. The highest BCUT2D eigenvalue weighted by atomic mass is 79.9. The molecule has 0 bridgehead atoms. The van der Waals surface area contributed by atoms with E-state index in [4.69, 9.17) is 30.5 Å². The van der Waals surface area contributed by atoms with Crippen LogP contribution in [0.3, 0.4) is 0 Å². The van der Waals surface area contributed by atoms with Crippen molar-refractivity contribution in [1.82, 2.24) is 5.43 Å². The number of ether oxygens (including phenoxy) is 4. The van der Waals surface area contributed by atoms with Gasteiger partial charge in [0.1, 0.15) is 24.7 Å². The summed E-state index contributed by atoms with van der Waals surface area (Å²) in [4.78, 5) is 12.6. The van der Waals surface area contributed by atoms with E-state index in [0.717, 1.165) is 16.1 Å². The second-order valence-electron chi connectivity index (χ2n) is 8.05. The van der Waals surface area contributed by atoms with E-state index in [1.807, 2.05) is 12.1 Å². The molecule has 0 spiro atoms. The Bertz CT molecular complexity index is 1450. The van der Waals surface area contributed by atoms with Crippen LogP contribution in [0, 0.1) is 0 Å². The summed E-state index contributed by atoms with van der Waals surface area (Å²) >= 11 is 9.41. The van der Waals surface area contributed by atoms with Gasteiger partial charge >= 0.3 is 0 Å². The lowest BCUT2D eigenvalue weighted by molar-refractivity contribution is -0.119. The summed E-state index contributed by atoms with van der Waals surface area (Å²) in [5.41, 5.74) is 4.05. The average Bonchev–Trinajstić information content (AvgIpc) is 2.90. The number of nitrogens with one attached hydrogen (secondary N) is 1. The molecule has 0 heterocycles. The van der Waals surface area contributed by atoms with Gasteiger partial charge in [0.25, 0.3) is 5.91 Å². The highest BCUT2D eigenvalue weighted by molar-refractivity contribution is 9.10. The maximum Gasteiger partial charge on any atom is 0.260 e. The van der Waals surface area contributed by atoms with Crippen LogP contribution in [0.4, 0.5) is 5.69 Å². The van der Waals surface area contributed by atoms with Gasteiger partial charge in [0.05, 0.1) is 44.0 Å². The predicted molar refractivity (Wildman–Crippen MR) is 154 cm³/mol. The molecule has 13 heteroatoms. The number of carbonyl (C=O) groups excluding carboxylic acids is 1. The van der Waals surface area contributed by atoms with E-state index >= 15 is 0 Å². The van der Waals surface area contributed by atoms with Gasteiger partial charge in [0, 0.05) is 11.1 Å². The first kappa shape index (κ1) is 30.1. The average molecular weight is 641 g/mol. The van der Waals surface area contributed by atoms with Crippen molar-refractivity contribution in [2.45, 2.75) is 6.61 Å². The summed E-state index contributed by atoms with van der Waals surface area (Å²) in [7, 11) is 0.543. The van der Waals surface area contributed by atoms with Gasteiger partial charge < -0.3 is 18.9 Å². The molecule has 1 amide bonds. The minimum absolute atomic E-state index is 0.183. The smallest absolute Gasteiger partial charge is 0.260 e. The Hall–Kier alpha value is -3.48. The van der Waals surface area contributed by atoms with Crippen LogP contribution >= 0.6 is 27.5 Å². The minimum atomic E-state index is -3.83. The SMILES string of the molecule is COc1ccc(N(CC(=O)N/N=C\c2cc(Br)c(OCc3ccc(Cl)cc3)c(OC)c2)S(C)(=O)=O)c(OC)c1. The zero-order valence-electron chi connectivity index (χ0n) is 21.6. The number of amides is 1. The largest absolute Gasteiger partial charge is 0.497 e. The van der Waals surface area contributed by atoms with Crippen LogP contribution in [0.1, 0.15) is 11.1 Å². The van der Waals surface area contributed by atoms with Crippen LogP contribution in [0.15, 0.2) is 64.2 Å². The van der Waals surface area contributed by atoms with Crippen LogP contribution in [-0.4, -0.2) is 54.7 Å². The Labute approximate surface area is 240 Å². The van der Waals surface area contributed by atoms with Crippen LogP contribution in [-0.2, 0) is 21.4 Å². The predicted octanol–water partition coefficient (Wildman–Crippen LogP) is 4.62. The lowest BCUT2D eigenvalue weighted by atomic mass is 10.2. The zero-order valence-corrected chi connectivity index (χ0v) is 24.8. The molecular weight excluding hydrogens is 614 g/mol. The zero-order chi connectivity index (χ0) is 28.6. The van der Waals surface area contributed by atoms with Crippen LogP contribution < -0.4 is 28.7 Å². The minimum Gasteiger partial charge on any atom is -0.497 e. The van der Waals surface area contributed by atoms with Gasteiger partial charge in [-0.2, -0.15) is 5.10 Å². The van der Waals surface area contributed by atoms with E-state index in [1.165, 1.54) is 39.7 Å². The molecule has 1 N–H and O–H groups in total. The van der Waals surface area contributed by atoms with Crippen molar-refractivity contribution in [3.8, 4) is 23.0 Å². The summed E-state index contributed by atoms with van der Waals surface area (Å²) < 4.78 is 48.3. The van der Waals surface area contributed by atoms with Gasteiger partial charge in [-0.15, -0.1) is 0 Å². The monoisotopic (exact) mass is 639 g/mol. The third kappa shape index (κ3) is 8.25. The lowest BCUT2D eigenvalue weighted by Crippen LogP contribution is -2.39. The maximum atomic E-state index is 12.6. The summed E-state index contributed by atoms with van der Waals surface area (Å²) in [5.74, 6) is 0.975. The molecule has 0 aliphatic carbocycles. The fourth-order valence-electron chi connectivity index (χ4n) is 3.41. The lowest BCUT2D eigenvalue weighted by Gasteiger charge is -2.23. The highest BCUT2D eigenvalue weighted by Gasteiger charge is 2.24. The van der Waals surface area contributed by atoms with Crippen LogP contribution in [0.2, 0.25) is 5.02 Å². The molecular formula is C26H27BrClN3O7S. The topological polar surface area (TPSA) is 116 Å². The molecule has 0 saturated carbocycles. The number of carbonyl (C=O) groups is 1. The summed E-state index contributed by atoms with van der Waals surface area (Å²) in [5, 5.41) is 4.60. The van der Waals surface area contributed by atoms with E-state index in [-0.39, 0.29) is 11.4 Å². The van der Waals surface area contributed by atoms with Gasteiger partial charge in [-0.1, -0.05) is 23.7 Å². The summed E-state index contributed by atoms with van der Waals surface area (Å²) in [6.07, 6.45) is 2.39. The molecule has 39 heavy (non-hydrogen) atoms. The molecule has 0 aliphatic rings. The Morgan fingerprint density at radius 1 is 1.03 bits per heavy atom. The first-order valence-electron chi connectivity index (χ1n) is 11.3. The number of rotatable bonds is 12.